The van der Waals surface area contributed by atoms with Crippen LogP contribution in [-0.2, 0) is 0 Å². The Bertz CT molecular complexity index is 212. The van der Waals surface area contributed by atoms with Gasteiger partial charge in [-0.25, -0.2) is 0 Å². The summed E-state index contributed by atoms with van der Waals surface area (Å²) < 4.78 is 0. The van der Waals surface area contributed by atoms with Gasteiger partial charge in [0.15, 0.2) is 12.0 Å². The number of nitrogens with one attached hydrogen (secondary N) is 1. The van der Waals surface area contributed by atoms with E-state index in [9.17, 15) is 0 Å². The van der Waals surface area contributed by atoms with Crippen molar-refractivity contribution in [3.8, 4) is 6.19 Å². The van der Waals surface area contributed by atoms with E-state index in [4.69, 9.17) is 5.26 Å². The summed E-state index contributed by atoms with van der Waals surface area (Å²) in [5.41, 5.74) is 0. The van der Waals surface area contributed by atoms with Crippen LogP contribution < -0.4 is 5.32 Å². The molecule has 0 aliphatic carbocycles. The Kier molecular flexibility index (Phi) is 1.55. The second-order valence-electron chi connectivity index (χ2n) is 1.24. The molecule has 0 aliphatic heterocycles. The summed E-state index contributed by atoms with van der Waals surface area (Å²) in [6, 6.07) is 1.55. The van der Waals surface area contributed by atoms with Crippen molar-refractivity contribution in [1.82, 2.24) is 15.4 Å². The van der Waals surface area contributed by atoms with E-state index in [1.165, 1.54) is 6.20 Å². The van der Waals surface area contributed by atoms with Gasteiger partial charge in [0.25, 0.3) is 0 Å². The summed E-state index contributed by atoms with van der Waals surface area (Å²) in [5, 5.41) is 20.6. The minimum Gasteiger partial charge on any atom is -0.275 e. The summed E-state index contributed by atoms with van der Waals surface area (Å²) in [5.74, 6) is 0.410. The number of hydrogen-bond acceptors (Lipinski definition) is 5. The third-order valence-electron chi connectivity index (χ3n) is 0.687. The number of nitriles is 1. The second-order valence-corrected chi connectivity index (χ2v) is 1.24. The number of anilines is 1. The Morgan fingerprint density at radius 3 is 3.11 bits per heavy atom. The lowest BCUT2D eigenvalue weighted by molar-refractivity contribution is 0.871. The fourth-order valence-corrected chi connectivity index (χ4v) is 0.365. The van der Waals surface area contributed by atoms with Gasteiger partial charge in [-0.3, -0.25) is 5.32 Å². The quantitative estimate of drug-likeness (QED) is 0.410. The molecule has 1 aromatic rings. The fraction of sp³-hybridized carbons (Fsp3) is 0. The van der Waals surface area contributed by atoms with Gasteiger partial charge in [0.2, 0.25) is 0 Å². The Hall–Kier alpha value is -1.70. The van der Waals surface area contributed by atoms with Gasteiger partial charge in [-0.1, -0.05) is 0 Å². The van der Waals surface area contributed by atoms with E-state index in [-0.39, 0.29) is 0 Å². The first kappa shape index (κ1) is 5.44. The highest BCUT2D eigenvalue weighted by atomic mass is 15.3. The minimum atomic E-state index is 0.410. The highest BCUT2D eigenvalue weighted by Crippen LogP contribution is 1.92. The third-order valence-corrected chi connectivity index (χ3v) is 0.687. The van der Waals surface area contributed by atoms with Crippen molar-refractivity contribution in [3.05, 3.63) is 12.3 Å². The lowest BCUT2D eigenvalue weighted by Crippen LogP contribution is -1.93. The van der Waals surface area contributed by atoms with Crippen LogP contribution in [0.5, 0.6) is 0 Å². The zero-order valence-electron chi connectivity index (χ0n) is 4.44. The highest BCUT2D eigenvalue weighted by Gasteiger charge is 1.85. The number of aromatic nitrogens is 3. The van der Waals surface area contributed by atoms with E-state index in [1.54, 1.807) is 12.3 Å². The monoisotopic (exact) mass is 121 g/mol. The summed E-state index contributed by atoms with van der Waals surface area (Å²) in [6.45, 7) is 0. The van der Waals surface area contributed by atoms with E-state index in [0.29, 0.717) is 5.82 Å². The fourth-order valence-electron chi connectivity index (χ4n) is 0.365. The molecule has 1 N–H and O–H groups in total. The summed E-state index contributed by atoms with van der Waals surface area (Å²) in [7, 11) is 0. The van der Waals surface area contributed by atoms with E-state index >= 15 is 0 Å². The average molecular weight is 121 g/mol. The maximum Gasteiger partial charge on any atom is 0.182 e. The van der Waals surface area contributed by atoms with Crippen LogP contribution in [-0.4, -0.2) is 15.4 Å². The van der Waals surface area contributed by atoms with Gasteiger partial charge in [-0.15, -0.1) is 10.2 Å². The van der Waals surface area contributed by atoms with E-state index in [2.05, 4.69) is 20.7 Å². The summed E-state index contributed by atoms with van der Waals surface area (Å²) >= 11 is 0. The van der Waals surface area contributed by atoms with Crippen LogP contribution in [0.25, 0.3) is 0 Å². The van der Waals surface area contributed by atoms with Crippen molar-refractivity contribution < 1.29 is 0 Å². The Labute approximate surface area is 51.3 Å². The van der Waals surface area contributed by atoms with E-state index in [0.717, 1.165) is 0 Å². The van der Waals surface area contributed by atoms with E-state index in [1.807, 2.05) is 0 Å². The summed E-state index contributed by atoms with van der Waals surface area (Å²) in [4.78, 5) is 0. The molecule has 0 radical (unpaired) electrons. The molecule has 0 spiro atoms. The van der Waals surface area contributed by atoms with Crippen LogP contribution >= 0.6 is 0 Å². The first-order chi connectivity index (χ1) is 4.43. The number of hydrogen-bond donors (Lipinski definition) is 1. The van der Waals surface area contributed by atoms with Crippen LogP contribution in [0.3, 0.4) is 0 Å². The van der Waals surface area contributed by atoms with Gasteiger partial charge in [0, 0.05) is 6.07 Å². The molecule has 1 rings (SSSR count). The minimum absolute atomic E-state index is 0.410. The van der Waals surface area contributed by atoms with Gasteiger partial charge < -0.3 is 0 Å². The van der Waals surface area contributed by atoms with Crippen LogP contribution in [0.15, 0.2) is 12.3 Å². The Morgan fingerprint density at radius 2 is 2.56 bits per heavy atom. The number of rotatable bonds is 1. The normalized spacial score (nSPS) is 7.89. The first-order valence-corrected chi connectivity index (χ1v) is 2.23. The zero-order valence-corrected chi connectivity index (χ0v) is 4.44. The molecule has 44 valence electrons. The molecule has 0 unspecified atom stereocenters. The molecule has 0 fully saturated rings. The van der Waals surface area contributed by atoms with Crippen molar-refractivity contribution >= 4 is 5.82 Å². The molecule has 0 aromatic carbocycles. The molecule has 0 saturated carbocycles. The molecule has 5 heteroatoms. The van der Waals surface area contributed by atoms with Crippen molar-refractivity contribution in [2.45, 2.75) is 0 Å². The molecule has 0 atom stereocenters. The molecule has 0 bridgehead atoms. The van der Waals surface area contributed by atoms with Crippen LogP contribution in [0.4, 0.5) is 5.82 Å². The predicted molar refractivity (Wildman–Crippen MR) is 29.1 cm³/mol. The van der Waals surface area contributed by atoms with Crippen LogP contribution in [0.2, 0.25) is 0 Å². The van der Waals surface area contributed by atoms with Gasteiger partial charge >= 0.3 is 0 Å². The van der Waals surface area contributed by atoms with Crippen LogP contribution in [0.1, 0.15) is 0 Å². The maximum absolute atomic E-state index is 8.07. The Morgan fingerprint density at radius 1 is 1.67 bits per heavy atom. The van der Waals surface area contributed by atoms with Crippen molar-refractivity contribution in [2.24, 2.45) is 0 Å². The predicted octanol–water partition coefficient (Wildman–Crippen LogP) is -0.235. The van der Waals surface area contributed by atoms with Crippen molar-refractivity contribution in [1.29, 1.82) is 5.26 Å². The van der Waals surface area contributed by atoms with Gasteiger partial charge in [0.05, 0.1) is 6.20 Å². The molecule has 0 saturated heterocycles. The SMILES string of the molecule is N#CNc1ccnnn1. The topological polar surface area (TPSA) is 74.5 Å². The number of nitrogens with zero attached hydrogens (tertiary/aromatic N) is 4. The molecule has 0 aliphatic rings. The molecular weight excluding hydrogens is 118 g/mol. The lowest BCUT2D eigenvalue weighted by Gasteiger charge is -1.87. The van der Waals surface area contributed by atoms with Gasteiger partial charge in [0.1, 0.15) is 0 Å². The van der Waals surface area contributed by atoms with Gasteiger partial charge in [-0.05, 0) is 5.21 Å². The van der Waals surface area contributed by atoms with E-state index < -0.39 is 0 Å². The standard InChI is InChI=1S/C4H3N5/c5-3-6-4-1-2-7-9-8-4/h1-2H,(H,6,7,8). The zero-order chi connectivity index (χ0) is 6.53. The average Bonchev–Trinajstić information content (AvgIpc) is 1.91. The van der Waals surface area contributed by atoms with Gasteiger partial charge in [-0.2, -0.15) is 5.26 Å². The van der Waals surface area contributed by atoms with Crippen LogP contribution in [0, 0.1) is 11.5 Å². The molecule has 0 amide bonds. The third kappa shape index (κ3) is 1.35. The first-order valence-electron chi connectivity index (χ1n) is 2.23. The highest BCUT2D eigenvalue weighted by molar-refractivity contribution is 5.34. The second kappa shape index (κ2) is 2.57. The largest absolute Gasteiger partial charge is 0.275 e. The maximum atomic E-state index is 8.07. The lowest BCUT2D eigenvalue weighted by atomic mass is 10.6. The van der Waals surface area contributed by atoms with Crippen molar-refractivity contribution in [3.63, 3.8) is 0 Å². The van der Waals surface area contributed by atoms with Crippen molar-refractivity contribution in [2.75, 3.05) is 5.32 Å². The Balaban J connectivity index is 2.76. The molecular formula is C4H3N5. The molecule has 5 nitrogen and oxygen atoms in total. The molecule has 9 heavy (non-hydrogen) atoms. The summed E-state index contributed by atoms with van der Waals surface area (Å²) in [6.07, 6.45) is 3.15. The molecule has 1 heterocycles. The smallest absolute Gasteiger partial charge is 0.182 e. The molecule has 1 aromatic heterocycles.